The summed E-state index contributed by atoms with van der Waals surface area (Å²) in [7, 11) is -0.529. The predicted octanol–water partition coefficient (Wildman–Crippen LogP) is 0.131. The van der Waals surface area contributed by atoms with Crippen LogP contribution in [-0.2, 0) is 21.4 Å². The fourth-order valence-electron chi connectivity index (χ4n) is 1.50. The standard InChI is InChI=1S/C13H21N3O3S/c1-16(2)20(18,19)15-11-10-14-13(17)9-8-12-6-4-3-5-7-12/h3-7,15H,8-11H2,1-2H3,(H,14,17). The van der Waals surface area contributed by atoms with Crippen LogP contribution in [0.1, 0.15) is 12.0 Å². The Bertz CT molecular complexity index is 515. The van der Waals surface area contributed by atoms with Crippen LogP contribution in [0.25, 0.3) is 0 Å². The summed E-state index contributed by atoms with van der Waals surface area (Å²) in [6, 6.07) is 9.74. The van der Waals surface area contributed by atoms with Crippen molar-refractivity contribution >= 4 is 16.1 Å². The Hall–Kier alpha value is -1.44. The van der Waals surface area contributed by atoms with Crippen molar-refractivity contribution in [3.8, 4) is 0 Å². The van der Waals surface area contributed by atoms with Crippen LogP contribution in [0, 0.1) is 0 Å². The Balaban J connectivity index is 2.18. The molecule has 0 aliphatic rings. The molecule has 0 saturated carbocycles. The van der Waals surface area contributed by atoms with Crippen LogP contribution in [0.15, 0.2) is 30.3 Å². The van der Waals surface area contributed by atoms with Crippen molar-refractivity contribution in [2.45, 2.75) is 12.8 Å². The van der Waals surface area contributed by atoms with Gasteiger partial charge in [0.15, 0.2) is 0 Å². The van der Waals surface area contributed by atoms with Gasteiger partial charge in [0.2, 0.25) is 5.91 Å². The van der Waals surface area contributed by atoms with E-state index in [0.717, 1.165) is 9.87 Å². The maximum absolute atomic E-state index is 11.6. The molecule has 1 aromatic carbocycles. The minimum Gasteiger partial charge on any atom is -0.355 e. The molecule has 20 heavy (non-hydrogen) atoms. The third kappa shape index (κ3) is 6.14. The summed E-state index contributed by atoms with van der Waals surface area (Å²) in [6.45, 7) is 0.457. The SMILES string of the molecule is CN(C)S(=O)(=O)NCCNC(=O)CCc1ccccc1. The molecule has 1 aromatic rings. The highest BCUT2D eigenvalue weighted by atomic mass is 32.2. The molecule has 1 amide bonds. The molecule has 0 aromatic heterocycles. The molecule has 2 N–H and O–H groups in total. The van der Waals surface area contributed by atoms with Crippen molar-refractivity contribution in [3.05, 3.63) is 35.9 Å². The number of carbonyl (C=O) groups excluding carboxylic acids is 1. The van der Waals surface area contributed by atoms with Crippen molar-refractivity contribution in [3.63, 3.8) is 0 Å². The number of benzene rings is 1. The third-order valence-corrected chi connectivity index (χ3v) is 4.23. The molecule has 0 aliphatic carbocycles. The molecular formula is C13H21N3O3S. The summed E-state index contributed by atoms with van der Waals surface area (Å²) < 4.78 is 26.2. The van der Waals surface area contributed by atoms with Crippen LogP contribution in [0.4, 0.5) is 0 Å². The fourth-order valence-corrected chi connectivity index (χ4v) is 2.12. The second kappa shape index (κ2) is 7.98. The minimum absolute atomic E-state index is 0.0853. The van der Waals surface area contributed by atoms with Gasteiger partial charge in [-0.05, 0) is 12.0 Å². The summed E-state index contributed by atoms with van der Waals surface area (Å²) in [5.41, 5.74) is 1.11. The van der Waals surface area contributed by atoms with E-state index in [0.29, 0.717) is 12.8 Å². The highest BCUT2D eigenvalue weighted by molar-refractivity contribution is 7.87. The molecule has 0 spiro atoms. The molecule has 112 valence electrons. The van der Waals surface area contributed by atoms with Gasteiger partial charge in [0.25, 0.3) is 10.2 Å². The lowest BCUT2D eigenvalue weighted by Gasteiger charge is -2.12. The van der Waals surface area contributed by atoms with E-state index in [-0.39, 0.29) is 19.0 Å². The number of rotatable bonds is 8. The van der Waals surface area contributed by atoms with Gasteiger partial charge in [-0.2, -0.15) is 12.7 Å². The fraction of sp³-hybridized carbons (Fsp3) is 0.462. The number of hydrogen-bond donors (Lipinski definition) is 2. The molecular weight excluding hydrogens is 278 g/mol. The third-order valence-electron chi connectivity index (χ3n) is 2.70. The van der Waals surface area contributed by atoms with E-state index in [9.17, 15) is 13.2 Å². The Kier molecular flexibility index (Phi) is 6.63. The Morgan fingerprint density at radius 1 is 1.15 bits per heavy atom. The van der Waals surface area contributed by atoms with Crippen molar-refractivity contribution < 1.29 is 13.2 Å². The first kappa shape index (κ1) is 16.6. The predicted molar refractivity (Wildman–Crippen MR) is 78.4 cm³/mol. The summed E-state index contributed by atoms with van der Waals surface area (Å²) in [5.74, 6) is -0.0853. The first-order valence-electron chi connectivity index (χ1n) is 6.39. The van der Waals surface area contributed by atoms with Crippen LogP contribution < -0.4 is 10.0 Å². The van der Waals surface area contributed by atoms with Crippen LogP contribution >= 0.6 is 0 Å². The first-order chi connectivity index (χ1) is 9.42. The largest absolute Gasteiger partial charge is 0.355 e. The number of amides is 1. The van der Waals surface area contributed by atoms with E-state index in [4.69, 9.17) is 0 Å². The van der Waals surface area contributed by atoms with E-state index < -0.39 is 10.2 Å². The van der Waals surface area contributed by atoms with E-state index in [2.05, 4.69) is 10.0 Å². The monoisotopic (exact) mass is 299 g/mol. The summed E-state index contributed by atoms with van der Waals surface area (Å²) in [5, 5.41) is 2.68. The zero-order valence-corrected chi connectivity index (χ0v) is 12.6. The summed E-state index contributed by atoms with van der Waals surface area (Å²) in [6.07, 6.45) is 1.07. The van der Waals surface area contributed by atoms with Gasteiger partial charge < -0.3 is 5.32 Å². The molecule has 0 heterocycles. The maximum Gasteiger partial charge on any atom is 0.278 e. The quantitative estimate of drug-likeness (QED) is 0.670. The number of nitrogens with zero attached hydrogens (tertiary/aromatic N) is 1. The second-order valence-corrected chi connectivity index (χ2v) is 6.49. The van der Waals surface area contributed by atoms with Crippen molar-refractivity contribution in [1.82, 2.24) is 14.3 Å². The van der Waals surface area contributed by atoms with Crippen molar-refractivity contribution in [2.24, 2.45) is 0 Å². The average Bonchev–Trinajstić information content (AvgIpc) is 2.42. The van der Waals surface area contributed by atoms with E-state index in [1.165, 1.54) is 14.1 Å². The van der Waals surface area contributed by atoms with Crippen LogP contribution in [0.3, 0.4) is 0 Å². The number of nitrogens with one attached hydrogen (secondary N) is 2. The Morgan fingerprint density at radius 2 is 1.80 bits per heavy atom. The van der Waals surface area contributed by atoms with Crippen molar-refractivity contribution in [1.29, 1.82) is 0 Å². The van der Waals surface area contributed by atoms with Gasteiger partial charge in [-0.1, -0.05) is 30.3 Å². The van der Waals surface area contributed by atoms with Gasteiger partial charge in [-0.25, -0.2) is 4.72 Å². The molecule has 0 saturated heterocycles. The second-order valence-electron chi connectivity index (χ2n) is 4.52. The van der Waals surface area contributed by atoms with E-state index in [1.54, 1.807) is 0 Å². The average molecular weight is 299 g/mol. The molecule has 0 atom stereocenters. The van der Waals surface area contributed by atoms with E-state index >= 15 is 0 Å². The lowest BCUT2D eigenvalue weighted by Crippen LogP contribution is -2.40. The van der Waals surface area contributed by atoms with Gasteiger partial charge in [-0.3, -0.25) is 4.79 Å². The van der Waals surface area contributed by atoms with Gasteiger partial charge in [0.1, 0.15) is 0 Å². The smallest absolute Gasteiger partial charge is 0.278 e. The van der Waals surface area contributed by atoms with Crippen molar-refractivity contribution in [2.75, 3.05) is 27.2 Å². The maximum atomic E-state index is 11.6. The molecule has 0 radical (unpaired) electrons. The molecule has 0 fully saturated rings. The Morgan fingerprint density at radius 3 is 2.40 bits per heavy atom. The summed E-state index contributed by atoms with van der Waals surface area (Å²) in [4.78, 5) is 11.6. The number of aryl methyl sites for hydroxylation is 1. The van der Waals surface area contributed by atoms with Crippen LogP contribution in [0.5, 0.6) is 0 Å². The Labute approximate surface area is 120 Å². The normalized spacial score (nSPS) is 11.6. The van der Waals surface area contributed by atoms with Gasteiger partial charge in [0.05, 0.1) is 0 Å². The van der Waals surface area contributed by atoms with Crippen LogP contribution in [-0.4, -0.2) is 45.8 Å². The topological polar surface area (TPSA) is 78.5 Å². The lowest BCUT2D eigenvalue weighted by atomic mass is 10.1. The molecule has 0 unspecified atom stereocenters. The zero-order chi connectivity index (χ0) is 15.0. The molecule has 1 rings (SSSR count). The number of hydrogen-bond acceptors (Lipinski definition) is 3. The van der Waals surface area contributed by atoms with E-state index in [1.807, 2.05) is 30.3 Å². The lowest BCUT2D eigenvalue weighted by molar-refractivity contribution is -0.121. The highest BCUT2D eigenvalue weighted by Crippen LogP contribution is 2.01. The van der Waals surface area contributed by atoms with Crippen LogP contribution in [0.2, 0.25) is 0 Å². The zero-order valence-electron chi connectivity index (χ0n) is 11.8. The van der Waals surface area contributed by atoms with Gasteiger partial charge in [0, 0.05) is 33.6 Å². The van der Waals surface area contributed by atoms with Gasteiger partial charge >= 0.3 is 0 Å². The molecule has 0 bridgehead atoms. The molecule has 7 heteroatoms. The molecule has 0 aliphatic heterocycles. The van der Waals surface area contributed by atoms with Gasteiger partial charge in [-0.15, -0.1) is 0 Å². The molecule has 6 nitrogen and oxygen atoms in total. The number of carbonyl (C=O) groups is 1. The highest BCUT2D eigenvalue weighted by Gasteiger charge is 2.11. The summed E-state index contributed by atoms with van der Waals surface area (Å²) >= 11 is 0. The minimum atomic E-state index is -3.42. The first-order valence-corrected chi connectivity index (χ1v) is 7.83.